The van der Waals surface area contributed by atoms with E-state index in [1.807, 2.05) is 23.1 Å². The molecule has 1 N–H and O–H groups in total. The minimum Gasteiger partial charge on any atom is -0.468 e. The van der Waals surface area contributed by atoms with Crippen LogP contribution in [-0.4, -0.2) is 68.4 Å². The number of tetrazole rings is 1. The van der Waals surface area contributed by atoms with E-state index in [-0.39, 0.29) is 12.5 Å². The molecule has 2 aromatic heterocycles. The molecule has 4 aromatic rings. The Hall–Kier alpha value is -4.05. The highest BCUT2D eigenvalue weighted by molar-refractivity contribution is 5.80. The first-order valence-corrected chi connectivity index (χ1v) is 12.6. The van der Waals surface area contributed by atoms with Gasteiger partial charge in [-0.1, -0.05) is 61.9 Å². The lowest BCUT2D eigenvalue weighted by Gasteiger charge is -2.33. The molecule has 192 valence electrons. The van der Waals surface area contributed by atoms with Gasteiger partial charge in [0.1, 0.15) is 12.4 Å². The van der Waals surface area contributed by atoms with Crippen LogP contribution in [-0.2, 0) is 29.0 Å². The van der Waals surface area contributed by atoms with Crippen molar-refractivity contribution in [3.8, 4) is 22.5 Å². The third-order valence-corrected chi connectivity index (χ3v) is 6.68. The number of anilines is 1. The number of hydrogen-bond acceptors (Lipinski definition) is 8. The number of fused-ring (bicyclic) bond motifs is 1. The van der Waals surface area contributed by atoms with E-state index in [4.69, 9.17) is 9.72 Å². The van der Waals surface area contributed by atoms with Crippen LogP contribution in [0.2, 0.25) is 0 Å². The van der Waals surface area contributed by atoms with Gasteiger partial charge in [0.05, 0.1) is 19.5 Å². The number of H-pyrrole nitrogens is 1. The van der Waals surface area contributed by atoms with E-state index in [2.05, 4.69) is 74.4 Å². The van der Waals surface area contributed by atoms with E-state index in [0.29, 0.717) is 19.0 Å². The highest BCUT2D eigenvalue weighted by atomic mass is 16.5. The summed E-state index contributed by atoms with van der Waals surface area (Å²) in [4.78, 5) is 21.3. The number of aromatic nitrogens is 6. The zero-order chi connectivity index (χ0) is 25.8. The second-order valence-electron chi connectivity index (χ2n) is 9.40. The van der Waals surface area contributed by atoms with Crippen molar-refractivity contribution in [2.75, 3.05) is 32.3 Å². The number of rotatable bonds is 9. The summed E-state index contributed by atoms with van der Waals surface area (Å²) in [5, 5.41) is 14.6. The topological polar surface area (TPSA) is 105 Å². The fraction of sp³-hybridized carbons (Fsp3) is 0.370. The predicted octanol–water partition coefficient (Wildman–Crippen LogP) is 3.50. The van der Waals surface area contributed by atoms with Crippen molar-refractivity contribution < 1.29 is 9.53 Å². The minimum absolute atomic E-state index is 0.187. The maximum atomic E-state index is 12.1. The van der Waals surface area contributed by atoms with E-state index >= 15 is 0 Å². The number of hydrogen-bond donors (Lipinski definition) is 1. The summed E-state index contributed by atoms with van der Waals surface area (Å²) in [6.45, 7) is 4.51. The fourth-order valence-electron chi connectivity index (χ4n) is 4.83. The van der Waals surface area contributed by atoms with Crippen molar-refractivity contribution in [1.82, 2.24) is 35.1 Å². The van der Waals surface area contributed by atoms with E-state index in [1.54, 1.807) is 0 Å². The molecule has 0 saturated heterocycles. The number of ether oxygens (including phenoxy) is 1. The Morgan fingerprint density at radius 2 is 1.89 bits per heavy atom. The zero-order valence-electron chi connectivity index (χ0n) is 21.5. The van der Waals surface area contributed by atoms with Gasteiger partial charge in [-0.25, -0.2) is 4.98 Å². The van der Waals surface area contributed by atoms with E-state index < -0.39 is 0 Å². The lowest BCUT2D eigenvalue weighted by atomic mass is 9.98. The van der Waals surface area contributed by atoms with Gasteiger partial charge in [-0.2, -0.15) is 5.21 Å². The summed E-state index contributed by atoms with van der Waals surface area (Å²) in [7, 11) is 3.48. The molecule has 2 aromatic carbocycles. The first-order valence-electron chi connectivity index (χ1n) is 12.6. The van der Waals surface area contributed by atoms with E-state index in [1.165, 1.54) is 12.7 Å². The molecule has 0 aliphatic carbocycles. The third kappa shape index (κ3) is 5.24. The molecule has 10 nitrogen and oxygen atoms in total. The number of imidazole rings is 1. The molecule has 1 aliphatic heterocycles. The normalized spacial score (nSPS) is 13.5. The molecule has 5 rings (SSSR count). The van der Waals surface area contributed by atoms with Gasteiger partial charge in [0, 0.05) is 25.1 Å². The molecular formula is C27H32N8O2. The second kappa shape index (κ2) is 10.9. The number of nitrogens with one attached hydrogen (secondary N) is 1. The first kappa shape index (κ1) is 24.6. The van der Waals surface area contributed by atoms with Gasteiger partial charge < -0.3 is 14.2 Å². The van der Waals surface area contributed by atoms with Gasteiger partial charge in [0.25, 0.3) is 0 Å². The number of aryl methyl sites for hydroxylation is 1. The van der Waals surface area contributed by atoms with Crippen LogP contribution in [0.15, 0.2) is 48.5 Å². The lowest BCUT2D eigenvalue weighted by molar-refractivity contribution is -0.139. The SMILES string of the molecule is CCCCc1nc2c(n1Cc1ccc(-c3ccccc3-c3nn[nH]n3)cc1)CN(C)CN2CC(=O)OC. The summed E-state index contributed by atoms with van der Waals surface area (Å²) in [5.74, 6) is 2.26. The van der Waals surface area contributed by atoms with Crippen molar-refractivity contribution in [2.24, 2.45) is 0 Å². The first-order chi connectivity index (χ1) is 18.1. The monoisotopic (exact) mass is 500 g/mol. The second-order valence-corrected chi connectivity index (χ2v) is 9.40. The highest BCUT2D eigenvalue weighted by Gasteiger charge is 2.29. The number of aromatic amines is 1. The van der Waals surface area contributed by atoms with Crippen molar-refractivity contribution in [3.05, 3.63) is 65.6 Å². The molecular weight excluding hydrogens is 468 g/mol. The van der Waals surface area contributed by atoms with Crippen molar-refractivity contribution in [1.29, 1.82) is 0 Å². The summed E-state index contributed by atoms with van der Waals surface area (Å²) >= 11 is 0. The summed E-state index contributed by atoms with van der Waals surface area (Å²) in [6.07, 6.45) is 3.06. The minimum atomic E-state index is -0.261. The molecule has 0 fully saturated rings. The van der Waals surface area contributed by atoms with Crippen LogP contribution in [0.4, 0.5) is 5.82 Å². The van der Waals surface area contributed by atoms with Crippen LogP contribution in [0.5, 0.6) is 0 Å². The van der Waals surface area contributed by atoms with Crippen LogP contribution in [0.3, 0.4) is 0 Å². The molecule has 3 heterocycles. The van der Waals surface area contributed by atoms with Crippen LogP contribution in [0.1, 0.15) is 36.8 Å². The fourth-order valence-corrected chi connectivity index (χ4v) is 4.83. The Labute approximate surface area is 216 Å². The smallest absolute Gasteiger partial charge is 0.325 e. The van der Waals surface area contributed by atoms with Gasteiger partial charge in [-0.3, -0.25) is 9.69 Å². The lowest BCUT2D eigenvalue weighted by Crippen LogP contribution is -2.43. The van der Waals surface area contributed by atoms with Gasteiger partial charge in [-0.15, -0.1) is 10.2 Å². The maximum absolute atomic E-state index is 12.1. The highest BCUT2D eigenvalue weighted by Crippen LogP contribution is 2.31. The van der Waals surface area contributed by atoms with Gasteiger partial charge >= 0.3 is 5.97 Å². The summed E-state index contributed by atoms with van der Waals surface area (Å²) in [6, 6.07) is 16.7. The number of carbonyl (C=O) groups excluding carboxylic acids is 1. The average molecular weight is 501 g/mol. The number of nitrogens with zero attached hydrogens (tertiary/aromatic N) is 7. The van der Waals surface area contributed by atoms with E-state index in [0.717, 1.165) is 59.8 Å². The Bertz CT molecular complexity index is 1350. The van der Waals surface area contributed by atoms with Gasteiger partial charge in [-0.05, 0) is 35.4 Å². The molecule has 10 heteroatoms. The number of benzene rings is 2. The third-order valence-electron chi connectivity index (χ3n) is 6.68. The molecule has 1 aliphatic rings. The summed E-state index contributed by atoms with van der Waals surface area (Å²) < 4.78 is 7.26. The number of methoxy groups -OCH3 is 1. The Morgan fingerprint density at radius 1 is 1.11 bits per heavy atom. The Morgan fingerprint density at radius 3 is 2.59 bits per heavy atom. The number of esters is 1. The molecule has 0 amide bonds. The molecule has 37 heavy (non-hydrogen) atoms. The van der Waals surface area contributed by atoms with Crippen molar-refractivity contribution in [3.63, 3.8) is 0 Å². The van der Waals surface area contributed by atoms with Gasteiger partial charge in [0.2, 0.25) is 5.82 Å². The van der Waals surface area contributed by atoms with Crippen molar-refractivity contribution >= 4 is 11.8 Å². The van der Waals surface area contributed by atoms with Crippen LogP contribution >= 0.6 is 0 Å². The van der Waals surface area contributed by atoms with Gasteiger partial charge in [0.15, 0.2) is 5.82 Å². The number of unbranched alkanes of at least 4 members (excludes halogenated alkanes) is 1. The zero-order valence-corrected chi connectivity index (χ0v) is 21.5. The maximum Gasteiger partial charge on any atom is 0.325 e. The quantitative estimate of drug-likeness (QED) is 0.348. The standard InChI is InChI=1S/C27H32N8O2/c1-4-5-10-24-28-27-23(16-33(2)18-34(27)17-25(36)37-3)35(24)15-19-11-13-20(14-12-19)21-8-6-7-9-22(21)26-29-31-32-30-26/h6-9,11-14H,4-5,10,15-18H2,1-3H3,(H,29,30,31,32). The average Bonchev–Trinajstić information content (AvgIpc) is 3.57. The van der Waals surface area contributed by atoms with Crippen LogP contribution in [0, 0.1) is 0 Å². The molecule has 0 atom stereocenters. The Kier molecular flexibility index (Phi) is 7.27. The molecule has 0 unspecified atom stereocenters. The van der Waals surface area contributed by atoms with E-state index in [9.17, 15) is 4.79 Å². The number of carbonyl (C=O) groups is 1. The Balaban J connectivity index is 1.45. The van der Waals surface area contributed by atoms with Crippen LogP contribution in [0.25, 0.3) is 22.5 Å². The molecule has 0 saturated carbocycles. The largest absolute Gasteiger partial charge is 0.468 e. The summed E-state index contributed by atoms with van der Waals surface area (Å²) in [5.41, 5.74) is 5.40. The molecule has 0 spiro atoms. The predicted molar refractivity (Wildman–Crippen MR) is 141 cm³/mol. The van der Waals surface area contributed by atoms with Crippen molar-refractivity contribution in [2.45, 2.75) is 39.3 Å². The molecule has 0 bridgehead atoms. The molecule has 0 radical (unpaired) electrons. The van der Waals surface area contributed by atoms with Crippen LogP contribution < -0.4 is 4.90 Å².